The Labute approximate surface area is 222 Å². The average Bonchev–Trinajstić information content (AvgIpc) is 3.70. The number of hydrogen-bond donors (Lipinski definition) is 0. The van der Waals surface area contributed by atoms with E-state index in [1.54, 1.807) is 35.1 Å². The molecule has 1 saturated heterocycles. The molecular weight excluding hydrogens is 515 g/mol. The number of carbonyl (C=O) groups excluding carboxylic acids is 2. The van der Waals surface area contributed by atoms with E-state index in [9.17, 15) is 9.59 Å². The van der Waals surface area contributed by atoms with Crippen LogP contribution in [0.4, 0.5) is 19.7 Å². The molecule has 14 heteroatoms. The van der Waals surface area contributed by atoms with Crippen molar-refractivity contribution < 1.29 is 37.8 Å². The molecule has 39 heavy (non-hydrogen) atoms. The van der Waals surface area contributed by atoms with Gasteiger partial charge < -0.3 is 23.8 Å². The summed E-state index contributed by atoms with van der Waals surface area (Å²) in [6.45, 7) is 0.959. The first-order valence-corrected chi connectivity index (χ1v) is 12.1. The predicted octanol–water partition coefficient (Wildman–Crippen LogP) is 2.80. The fourth-order valence-electron chi connectivity index (χ4n) is 4.08. The van der Waals surface area contributed by atoms with Crippen molar-refractivity contribution in [2.45, 2.75) is 25.2 Å². The first-order chi connectivity index (χ1) is 19.0. The SMILES string of the molecule is COCCOC(=O)OC[C@@H]1CC(c2ccc(-c3ccc(N4C[C@H](Cn5ccnn5)OC4=O)cc3F)cn2)=NO1. The molecule has 4 heterocycles. The van der Waals surface area contributed by atoms with Gasteiger partial charge in [0.1, 0.15) is 30.8 Å². The maximum absolute atomic E-state index is 15.1. The molecule has 1 amide bonds. The number of methoxy groups -OCH3 is 1. The number of halogens is 1. The van der Waals surface area contributed by atoms with Crippen LogP contribution in [-0.2, 0) is 30.3 Å². The van der Waals surface area contributed by atoms with Gasteiger partial charge in [0.15, 0.2) is 6.10 Å². The van der Waals surface area contributed by atoms with E-state index in [1.165, 1.54) is 30.5 Å². The van der Waals surface area contributed by atoms with E-state index in [2.05, 4.69) is 20.5 Å². The van der Waals surface area contributed by atoms with Gasteiger partial charge in [0.2, 0.25) is 0 Å². The van der Waals surface area contributed by atoms with Crippen molar-refractivity contribution in [2.75, 3.05) is 38.4 Å². The van der Waals surface area contributed by atoms with E-state index in [0.717, 1.165) is 0 Å². The summed E-state index contributed by atoms with van der Waals surface area (Å²) in [6, 6.07) is 7.97. The van der Waals surface area contributed by atoms with Crippen molar-refractivity contribution in [3.63, 3.8) is 0 Å². The van der Waals surface area contributed by atoms with Gasteiger partial charge in [-0.25, -0.2) is 18.7 Å². The van der Waals surface area contributed by atoms with E-state index in [4.69, 9.17) is 23.8 Å². The predicted molar refractivity (Wildman–Crippen MR) is 132 cm³/mol. The van der Waals surface area contributed by atoms with Gasteiger partial charge in [-0.15, -0.1) is 5.10 Å². The number of nitrogens with zero attached hydrogens (tertiary/aromatic N) is 6. The van der Waals surface area contributed by atoms with E-state index < -0.39 is 30.3 Å². The highest BCUT2D eigenvalue weighted by Gasteiger charge is 2.33. The van der Waals surface area contributed by atoms with E-state index >= 15 is 4.39 Å². The number of oxime groups is 1. The zero-order valence-electron chi connectivity index (χ0n) is 20.9. The molecule has 0 aliphatic carbocycles. The number of cyclic esters (lactones) is 1. The number of anilines is 1. The van der Waals surface area contributed by atoms with Crippen LogP contribution in [0, 0.1) is 5.82 Å². The van der Waals surface area contributed by atoms with Crippen LogP contribution in [0.1, 0.15) is 12.1 Å². The van der Waals surface area contributed by atoms with Gasteiger partial charge in [-0.3, -0.25) is 9.88 Å². The average molecular weight is 541 g/mol. The van der Waals surface area contributed by atoms with Crippen molar-refractivity contribution in [3.05, 3.63) is 60.4 Å². The van der Waals surface area contributed by atoms with Crippen molar-refractivity contribution in [2.24, 2.45) is 5.16 Å². The highest BCUT2D eigenvalue weighted by atomic mass is 19.1. The molecule has 1 fully saturated rings. The minimum atomic E-state index is -0.812. The quantitative estimate of drug-likeness (QED) is 0.279. The van der Waals surface area contributed by atoms with Crippen LogP contribution in [0.25, 0.3) is 11.1 Å². The number of aromatic nitrogens is 4. The van der Waals surface area contributed by atoms with Crippen LogP contribution in [-0.4, -0.2) is 83.6 Å². The maximum Gasteiger partial charge on any atom is 0.508 e. The number of amides is 1. The number of rotatable bonds is 10. The second-order valence-electron chi connectivity index (χ2n) is 8.71. The molecule has 2 aromatic heterocycles. The second-order valence-corrected chi connectivity index (χ2v) is 8.71. The molecule has 2 aliphatic heterocycles. The van der Waals surface area contributed by atoms with E-state index in [0.29, 0.717) is 41.2 Å². The summed E-state index contributed by atoms with van der Waals surface area (Å²) in [5, 5.41) is 11.6. The zero-order valence-corrected chi connectivity index (χ0v) is 20.9. The standard InChI is InChI=1S/C25H25FN6O7/c1-35-8-9-36-25(34)37-15-18-11-23(29-39-18)22-5-2-16(12-27-22)20-4-3-17(10-21(20)26)32-14-19(38-24(32)33)13-31-7-6-28-30-31/h2-7,10,12,18-19H,8-9,11,13-15H2,1H3/t18-,19-/m0/s1. The first kappa shape index (κ1) is 26.0. The molecule has 0 unspecified atom stereocenters. The molecule has 5 rings (SSSR count). The molecule has 0 spiro atoms. The third-order valence-electron chi connectivity index (χ3n) is 6.00. The van der Waals surface area contributed by atoms with Gasteiger partial charge in [-0.1, -0.05) is 16.4 Å². The topological polar surface area (TPSA) is 139 Å². The summed E-state index contributed by atoms with van der Waals surface area (Å²) in [5.41, 5.74) is 2.40. The summed E-state index contributed by atoms with van der Waals surface area (Å²) in [4.78, 5) is 35.0. The molecule has 1 aromatic carbocycles. The summed E-state index contributed by atoms with van der Waals surface area (Å²) in [7, 11) is 1.50. The third kappa shape index (κ3) is 6.29. The van der Waals surface area contributed by atoms with Gasteiger partial charge in [0.25, 0.3) is 0 Å². The smallest absolute Gasteiger partial charge is 0.442 e. The number of pyridine rings is 1. The third-order valence-corrected chi connectivity index (χ3v) is 6.00. The first-order valence-electron chi connectivity index (χ1n) is 12.1. The van der Waals surface area contributed by atoms with Crippen LogP contribution in [0.15, 0.2) is 54.1 Å². The van der Waals surface area contributed by atoms with Crippen LogP contribution >= 0.6 is 0 Å². The number of ether oxygens (including phenoxy) is 4. The monoisotopic (exact) mass is 540 g/mol. The van der Waals surface area contributed by atoms with Gasteiger partial charge in [0, 0.05) is 37.1 Å². The van der Waals surface area contributed by atoms with E-state index in [1.807, 2.05) is 0 Å². The lowest BCUT2D eigenvalue weighted by Gasteiger charge is -2.14. The maximum atomic E-state index is 15.1. The lowest BCUT2D eigenvalue weighted by Crippen LogP contribution is -2.26. The number of carbonyl (C=O) groups is 2. The molecule has 2 atom stereocenters. The van der Waals surface area contributed by atoms with Gasteiger partial charge >= 0.3 is 12.2 Å². The minimum Gasteiger partial charge on any atom is -0.442 e. The summed E-state index contributed by atoms with van der Waals surface area (Å²) < 4.78 is 36.7. The summed E-state index contributed by atoms with van der Waals surface area (Å²) >= 11 is 0. The van der Waals surface area contributed by atoms with Crippen molar-refractivity contribution in [3.8, 4) is 11.1 Å². The van der Waals surface area contributed by atoms with Gasteiger partial charge in [-0.2, -0.15) is 0 Å². The molecule has 3 aromatic rings. The molecule has 0 N–H and O–H groups in total. The Kier molecular flexibility index (Phi) is 7.91. The molecule has 0 saturated carbocycles. The molecule has 0 bridgehead atoms. The summed E-state index contributed by atoms with van der Waals surface area (Å²) in [5.74, 6) is -0.509. The highest BCUT2D eigenvalue weighted by Crippen LogP contribution is 2.29. The fourth-order valence-corrected chi connectivity index (χ4v) is 4.08. The van der Waals surface area contributed by atoms with E-state index in [-0.39, 0.29) is 26.4 Å². The lowest BCUT2D eigenvalue weighted by molar-refractivity contribution is -0.00742. The van der Waals surface area contributed by atoms with Crippen LogP contribution in [0.2, 0.25) is 0 Å². The molecule has 0 radical (unpaired) electrons. The normalized spacial score (nSPS) is 18.5. The number of hydrogen-bond acceptors (Lipinski definition) is 11. The Morgan fingerprint density at radius 2 is 2.08 bits per heavy atom. The molecule has 204 valence electrons. The van der Waals surface area contributed by atoms with Crippen molar-refractivity contribution in [1.29, 1.82) is 0 Å². The van der Waals surface area contributed by atoms with Crippen LogP contribution < -0.4 is 4.90 Å². The largest absolute Gasteiger partial charge is 0.508 e. The Hall–Kier alpha value is -4.59. The van der Waals surface area contributed by atoms with Crippen LogP contribution in [0.5, 0.6) is 0 Å². The molecular formula is C25H25FN6O7. The summed E-state index contributed by atoms with van der Waals surface area (Å²) in [6.07, 6.45) is 2.87. The van der Waals surface area contributed by atoms with Crippen LogP contribution in [0.3, 0.4) is 0 Å². The second kappa shape index (κ2) is 11.9. The van der Waals surface area contributed by atoms with Gasteiger partial charge in [0.05, 0.1) is 37.3 Å². The minimum absolute atomic E-state index is 0.0276. The Morgan fingerprint density at radius 1 is 1.18 bits per heavy atom. The fraction of sp³-hybridized carbons (Fsp3) is 0.360. The van der Waals surface area contributed by atoms with Crippen molar-refractivity contribution in [1.82, 2.24) is 20.0 Å². The Morgan fingerprint density at radius 3 is 2.82 bits per heavy atom. The highest BCUT2D eigenvalue weighted by molar-refractivity contribution is 5.99. The van der Waals surface area contributed by atoms with Gasteiger partial charge in [-0.05, 0) is 24.3 Å². The Bertz CT molecular complexity index is 1340. The zero-order chi connectivity index (χ0) is 27.2. The lowest BCUT2D eigenvalue weighted by atomic mass is 10.0. The number of benzene rings is 1. The molecule has 13 nitrogen and oxygen atoms in total. The molecule has 2 aliphatic rings. The Balaban J connectivity index is 1.16. The van der Waals surface area contributed by atoms with Crippen molar-refractivity contribution >= 4 is 23.6 Å².